The number of oxime groups is 1. The van der Waals surface area contributed by atoms with Crippen LogP contribution in [0.5, 0.6) is 5.75 Å². The smallest absolute Gasteiger partial charge is 0.311 e. The summed E-state index contributed by atoms with van der Waals surface area (Å²) in [5.41, 5.74) is -4.51. The van der Waals surface area contributed by atoms with E-state index >= 15 is 0 Å². The van der Waals surface area contributed by atoms with Gasteiger partial charge >= 0.3 is 5.97 Å². The highest BCUT2D eigenvalue weighted by Crippen LogP contribution is 2.41. The van der Waals surface area contributed by atoms with Crippen LogP contribution in [0.15, 0.2) is 29.4 Å². The molecule has 0 bridgehead atoms. The van der Waals surface area contributed by atoms with Gasteiger partial charge in [0.2, 0.25) is 0 Å². The van der Waals surface area contributed by atoms with Gasteiger partial charge in [0.05, 0.1) is 53.4 Å². The monoisotopic (exact) mass is 902 g/mol. The number of esters is 1. The molecule has 3 heterocycles. The number of carbonyl (C=O) groups is 1. The van der Waals surface area contributed by atoms with Crippen LogP contribution in [0.3, 0.4) is 0 Å². The van der Waals surface area contributed by atoms with E-state index in [-0.39, 0.29) is 44.6 Å². The van der Waals surface area contributed by atoms with E-state index in [9.17, 15) is 30.3 Å². The van der Waals surface area contributed by atoms with E-state index < -0.39 is 102 Å². The number of carbonyl (C=O) groups excluding carboxylic acids is 1. The lowest BCUT2D eigenvalue weighted by Crippen LogP contribution is -2.61. The average Bonchev–Trinajstić information content (AvgIpc) is 3.21. The second kappa shape index (κ2) is 21.9. The summed E-state index contributed by atoms with van der Waals surface area (Å²) in [4.78, 5) is 22.1. The van der Waals surface area contributed by atoms with E-state index in [1.165, 1.54) is 14.0 Å². The molecule has 5 N–H and O–H groups in total. The van der Waals surface area contributed by atoms with Gasteiger partial charge in [-0.15, -0.1) is 0 Å². The van der Waals surface area contributed by atoms with Gasteiger partial charge in [0.15, 0.2) is 19.2 Å². The third kappa shape index (κ3) is 12.4. The summed E-state index contributed by atoms with van der Waals surface area (Å²) in [5, 5.41) is 64.6. The van der Waals surface area contributed by atoms with Crippen LogP contribution in [0.4, 0.5) is 0 Å². The predicted octanol–water partition coefficient (Wildman–Crippen LogP) is 4.32. The highest BCUT2D eigenvalue weighted by atomic mass is 35.5. The second-order valence-corrected chi connectivity index (χ2v) is 19.2. The lowest BCUT2D eigenvalue weighted by Gasteiger charge is -2.49. The minimum Gasteiger partial charge on any atom is -0.490 e. The molecule has 3 fully saturated rings. The number of cyclic esters (lactones) is 1. The van der Waals surface area contributed by atoms with Crippen LogP contribution in [0.2, 0.25) is 5.02 Å². The molecule has 0 radical (unpaired) electrons. The van der Waals surface area contributed by atoms with E-state index in [1.54, 1.807) is 72.7 Å². The minimum atomic E-state index is -1.98. The van der Waals surface area contributed by atoms with Crippen LogP contribution in [-0.2, 0) is 38.1 Å². The molecule has 0 spiro atoms. The molecule has 4 rings (SSSR count). The molecule has 18 atom stereocenters. The molecule has 3 saturated heterocycles. The number of hydrogen-bond acceptors (Lipinski definition) is 16. The molecular formula is C45H75ClN2O14. The minimum absolute atomic E-state index is 0.0203. The first-order chi connectivity index (χ1) is 28.9. The number of nitrogens with zero attached hydrogens (tertiary/aromatic N) is 2. The Kier molecular flexibility index (Phi) is 18.5. The first-order valence-electron chi connectivity index (χ1n) is 22.0. The van der Waals surface area contributed by atoms with Gasteiger partial charge in [-0.1, -0.05) is 44.5 Å². The topological polar surface area (TPSA) is 208 Å². The molecule has 2 unspecified atom stereocenters. The first kappa shape index (κ1) is 52.4. The molecule has 0 amide bonds. The molecule has 356 valence electrons. The number of methoxy groups -OCH3 is 1. The van der Waals surface area contributed by atoms with Crippen LogP contribution in [0.1, 0.15) is 94.9 Å². The Morgan fingerprint density at radius 1 is 0.903 bits per heavy atom. The lowest BCUT2D eigenvalue weighted by molar-refractivity contribution is -0.317. The Morgan fingerprint density at radius 2 is 1.55 bits per heavy atom. The summed E-state index contributed by atoms with van der Waals surface area (Å²) >= 11 is 6.01. The van der Waals surface area contributed by atoms with E-state index in [2.05, 4.69) is 5.16 Å². The molecule has 16 nitrogen and oxygen atoms in total. The summed E-state index contributed by atoms with van der Waals surface area (Å²) in [5.74, 6) is -3.59. The zero-order valence-corrected chi connectivity index (χ0v) is 39.7. The number of ether oxygens (including phenoxy) is 7. The fourth-order valence-corrected chi connectivity index (χ4v) is 9.57. The molecule has 1 aromatic carbocycles. The summed E-state index contributed by atoms with van der Waals surface area (Å²) in [6.07, 6.45) is -9.59. The predicted molar refractivity (Wildman–Crippen MR) is 232 cm³/mol. The van der Waals surface area contributed by atoms with Crippen molar-refractivity contribution in [3.8, 4) is 5.75 Å². The summed E-state index contributed by atoms with van der Waals surface area (Å²) < 4.78 is 43.6. The third-order valence-electron chi connectivity index (χ3n) is 13.3. The molecule has 0 saturated carbocycles. The Balaban J connectivity index is 1.81. The molecule has 0 aromatic heterocycles. The quantitative estimate of drug-likeness (QED) is 0.113. The van der Waals surface area contributed by atoms with Gasteiger partial charge in [-0.2, -0.15) is 0 Å². The van der Waals surface area contributed by atoms with Crippen molar-refractivity contribution < 1.29 is 68.3 Å². The van der Waals surface area contributed by atoms with Gasteiger partial charge in [-0.05, 0) is 99.2 Å². The van der Waals surface area contributed by atoms with Gasteiger partial charge in [-0.3, -0.25) is 4.79 Å². The van der Waals surface area contributed by atoms with Crippen molar-refractivity contribution in [2.45, 2.75) is 179 Å². The molecular weight excluding hydrogens is 828 g/mol. The molecule has 62 heavy (non-hydrogen) atoms. The zero-order valence-electron chi connectivity index (χ0n) is 38.9. The van der Waals surface area contributed by atoms with Crippen molar-refractivity contribution >= 4 is 23.3 Å². The fraction of sp³-hybridized carbons (Fsp3) is 0.822. The van der Waals surface area contributed by atoms with Gasteiger partial charge in [0.1, 0.15) is 36.3 Å². The highest BCUT2D eigenvalue weighted by molar-refractivity contribution is 6.30. The van der Waals surface area contributed by atoms with Crippen LogP contribution < -0.4 is 4.74 Å². The Hall–Kier alpha value is -2.19. The SMILES string of the molecule is CCC1OC(=O)[C@H](C)C(O[C@H]2C[C@@](C)(OC)[C@@H](O)[C@H](C)O2)[C@H](C)[C@@H](O[C@@H]2O[C@H](C)C[C@H](N(C)C)[C@H]2O)[C@](C)(O)C[C@@H](C)/C(=N\OCCOc2ccc(Cl)cc2)[C@H](C)[C@@H](O)[C@]1(C)O. The Morgan fingerprint density at radius 3 is 2.15 bits per heavy atom. The van der Waals surface area contributed by atoms with Crippen LogP contribution in [0.25, 0.3) is 0 Å². The Labute approximate surface area is 373 Å². The number of aliphatic hydroxyl groups is 5. The van der Waals surface area contributed by atoms with Crippen molar-refractivity contribution in [2.75, 3.05) is 34.4 Å². The molecule has 17 heteroatoms. The fourth-order valence-electron chi connectivity index (χ4n) is 9.44. The first-order valence-corrected chi connectivity index (χ1v) is 22.4. The third-order valence-corrected chi connectivity index (χ3v) is 13.5. The van der Waals surface area contributed by atoms with Gasteiger partial charge in [0, 0.05) is 42.3 Å². The Bertz CT molecular complexity index is 1600. The van der Waals surface area contributed by atoms with Crippen LogP contribution in [-0.4, -0.2) is 161 Å². The molecule has 1 aromatic rings. The molecule has 0 aliphatic carbocycles. The number of aliphatic hydroxyl groups excluding tert-OH is 3. The van der Waals surface area contributed by atoms with Gasteiger partial charge in [-0.25, -0.2) is 0 Å². The van der Waals surface area contributed by atoms with Crippen molar-refractivity contribution in [3.05, 3.63) is 29.3 Å². The zero-order chi connectivity index (χ0) is 46.5. The van der Waals surface area contributed by atoms with Crippen LogP contribution in [0, 0.1) is 23.7 Å². The number of benzene rings is 1. The van der Waals surface area contributed by atoms with E-state index in [0.717, 1.165) is 0 Å². The van der Waals surface area contributed by atoms with Crippen molar-refractivity contribution in [1.82, 2.24) is 4.90 Å². The van der Waals surface area contributed by atoms with Crippen molar-refractivity contribution in [3.63, 3.8) is 0 Å². The van der Waals surface area contributed by atoms with E-state index in [0.29, 0.717) is 22.9 Å². The van der Waals surface area contributed by atoms with Crippen molar-refractivity contribution in [1.29, 1.82) is 0 Å². The largest absolute Gasteiger partial charge is 0.490 e. The number of likely N-dealkylation sites (N-methyl/N-ethyl adjacent to an activating group) is 1. The number of hydrogen-bond donors (Lipinski definition) is 5. The summed E-state index contributed by atoms with van der Waals surface area (Å²) in [7, 11) is 5.22. The maximum absolute atomic E-state index is 14.4. The van der Waals surface area contributed by atoms with Crippen LogP contribution >= 0.6 is 11.6 Å². The number of halogens is 1. The van der Waals surface area contributed by atoms with E-state index in [1.807, 2.05) is 32.8 Å². The average molecular weight is 904 g/mol. The highest BCUT2D eigenvalue weighted by Gasteiger charge is 2.53. The maximum Gasteiger partial charge on any atom is 0.311 e. The molecule has 3 aliphatic rings. The lowest BCUT2D eigenvalue weighted by atomic mass is 9.73. The summed E-state index contributed by atoms with van der Waals surface area (Å²) in [6, 6.07) is 6.53. The molecule has 3 aliphatic heterocycles. The number of rotatable bonds is 12. The second-order valence-electron chi connectivity index (χ2n) is 18.7. The van der Waals surface area contributed by atoms with Crippen molar-refractivity contribution in [2.24, 2.45) is 28.8 Å². The van der Waals surface area contributed by atoms with Gasteiger partial charge < -0.3 is 68.4 Å². The maximum atomic E-state index is 14.4. The standard InChI is InChI=1S/C45H75ClN2O14/c1-14-33-45(10,54)38(50)26(4)35(47-57-20-19-56-31-17-15-30(46)16-18-31)24(2)22-43(8,53)40(62-42-36(49)32(48(11)12)21-25(3)58-42)27(5)37(28(6)41(52)60-33)61-34-23-44(9,55-13)39(51)29(7)59-34/h15-18,24-29,32-34,36-40,42,49-51,53-54H,14,19-23H2,1-13H3/b47-35+/t24-,25-,26+,27+,28-,29+,32+,33?,34+,36-,37?,38-,39+,40-,42+,43-,44-,45-/m1/s1. The summed E-state index contributed by atoms with van der Waals surface area (Å²) in [6.45, 7) is 17.1. The normalized spacial score (nSPS) is 43.5. The van der Waals surface area contributed by atoms with E-state index in [4.69, 9.17) is 49.6 Å². The van der Waals surface area contributed by atoms with Gasteiger partial charge in [0.25, 0.3) is 0 Å².